The average Bonchev–Trinajstić information content (AvgIpc) is 2.55. The number of hydrazine groups is 1. The van der Waals surface area contributed by atoms with Crippen molar-refractivity contribution in [3.8, 4) is 5.75 Å². The Bertz CT molecular complexity index is 614. The molecule has 1 amide bonds. The number of ether oxygens (including phenoxy) is 1. The summed E-state index contributed by atoms with van der Waals surface area (Å²) in [5.74, 6) is 6.07. The van der Waals surface area contributed by atoms with Gasteiger partial charge in [0.05, 0.1) is 18.4 Å². The minimum absolute atomic E-state index is 0.154. The van der Waals surface area contributed by atoms with Crippen molar-refractivity contribution in [1.82, 2.24) is 5.32 Å². The number of nitrogen functional groups attached to an aromatic ring is 1. The summed E-state index contributed by atoms with van der Waals surface area (Å²) in [7, 11) is 1.64. The van der Waals surface area contributed by atoms with Gasteiger partial charge >= 0.3 is 0 Å². The SMILES string of the molecule is COc1ccccc1CCNC(=O)c1ccccc1NN. The molecule has 110 valence electrons. The molecular weight excluding hydrogens is 266 g/mol. The first-order valence-corrected chi connectivity index (χ1v) is 6.72. The highest BCUT2D eigenvalue weighted by molar-refractivity contribution is 5.99. The molecule has 0 aliphatic rings. The molecule has 0 unspecified atom stereocenters. The fourth-order valence-electron chi connectivity index (χ4n) is 2.12. The van der Waals surface area contributed by atoms with Gasteiger partial charge in [0.15, 0.2) is 0 Å². The number of para-hydroxylation sites is 2. The monoisotopic (exact) mass is 285 g/mol. The van der Waals surface area contributed by atoms with Gasteiger partial charge in [-0.2, -0.15) is 0 Å². The zero-order chi connectivity index (χ0) is 15.1. The first-order valence-electron chi connectivity index (χ1n) is 6.72. The van der Waals surface area contributed by atoms with Crippen LogP contribution >= 0.6 is 0 Å². The highest BCUT2D eigenvalue weighted by Crippen LogP contribution is 2.17. The van der Waals surface area contributed by atoms with Crippen LogP contribution in [0.3, 0.4) is 0 Å². The number of nitrogens with one attached hydrogen (secondary N) is 2. The van der Waals surface area contributed by atoms with E-state index in [-0.39, 0.29) is 5.91 Å². The number of carbonyl (C=O) groups excluding carboxylic acids is 1. The second-order valence-corrected chi connectivity index (χ2v) is 4.51. The summed E-state index contributed by atoms with van der Waals surface area (Å²) in [4.78, 5) is 12.1. The van der Waals surface area contributed by atoms with Crippen LogP contribution in [0.5, 0.6) is 5.75 Å². The lowest BCUT2D eigenvalue weighted by Gasteiger charge is -2.11. The van der Waals surface area contributed by atoms with Crippen molar-refractivity contribution in [1.29, 1.82) is 0 Å². The quantitative estimate of drug-likeness (QED) is 0.560. The zero-order valence-corrected chi connectivity index (χ0v) is 11.9. The third-order valence-electron chi connectivity index (χ3n) is 3.20. The number of nitrogens with two attached hydrogens (primary N) is 1. The summed E-state index contributed by atoms with van der Waals surface area (Å²) < 4.78 is 5.28. The molecule has 0 heterocycles. The van der Waals surface area contributed by atoms with E-state index in [4.69, 9.17) is 10.6 Å². The minimum Gasteiger partial charge on any atom is -0.496 e. The number of methoxy groups -OCH3 is 1. The van der Waals surface area contributed by atoms with Crippen LogP contribution in [0.25, 0.3) is 0 Å². The Morgan fingerprint density at radius 2 is 1.86 bits per heavy atom. The molecule has 0 saturated carbocycles. The molecule has 2 rings (SSSR count). The lowest BCUT2D eigenvalue weighted by atomic mass is 10.1. The van der Waals surface area contributed by atoms with E-state index < -0.39 is 0 Å². The molecule has 0 saturated heterocycles. The second kappa shape index (κ2) is 7.31. The van der Waals surface area contributed by atoms with Crippen LogP contribution in [-0.4, -0.2) is 19.6 Å². The number of hydrogen-bond acceptors (Lipinski definition) is 4. The summed E-state index contributed by atoms with van der Waals surface area (Å²) in [6, 6.07) is 14.9. The predicted octanol–water partition coefficient (Wildman–Crippen LogP) is 1.95. The van der Waals surface area contributed by atoms with E-state index in [0.29, 0.717) is 24.2 Å². The molecule has 0 atom stereocenters. The Morgan fingerprint density at radius 1 is 1.14 bits per heavy atom. The number of carbonyl (C=O) groups is 1. The van der Waals surface area contributed by atoms with Gasteiger partial charge in [-0.3, -0.25) is 10.6 Å². The van der Waals surface area contributed by atoms with E-state index in [2.05, 4.69) is 10.7 Å². The summed E-state index contributed by atoms with van der Waals surface area (Å²) in [5.41, 5.74) is 4.71. The summed E-state index contributed by atoms with van der Waals surface area (Å²) in [5, 5.41) is 2.88. The molecule has 0 aliphatic carbocycles. The molecule has 0 aliphatic heterocycles. The highest BCUT2D eigenvalue weighted by Gasteiger charge is 2.10. The molecule has 0 aromatic heterocycles. The van der Waals surface area contributed by atoms with Crippen molar-refractivity contribution in [2.75, 3.05) is 19.1 Å². The van der Waals surface area contributed by atoms with Gasteiger partial charge in [0.2, 0.25) is 0 Å². The maximum Gasteiger partial charge on any atom is 0.253 e. The molecule has 2 aromatic rings. The van der Waals surface area contributed by atoms with Crippen LogP contribution in [0.1, 0.15) is 15.9 Å². The van der Waals surface area contributed by atoms with Crippen LogP contribution in [0.4, 0.5) is 5.69 Å². The van der Waals surface area contributed by atoms with E-state index in [1.54, 1.807) is 25.3 Å². The van der Waals surface area contributed by atoms with Gasteiger partial charge in [-0.1, -0.05) is 30.3 Å². The van der Waals surface area contributed by atoms with Crippen molar-refractivity contribution >= 4 is 11.6 Å². The Balaban J connectivity index is 1.95. The smallest absolute Gasteiger partial charge is 0.253 e. The lowest BCUT2D eigenvalue weighted by Crippen LogP contribution is -2.27. The van der Waals surface area contributed by atoms with E-state index >= 15 is 0 Å². The summed E-state index contributed by atoms with van der Waals surface area (Å²) in [6.07, 6.45) is 0.702. The largest absolute Gasteiger partial charge is 0.496 e. The molecule has 5 heteroatoms. The highest BCUT2D eigenvalue weighted by atomic mass is 16.5. The predicted molar refractivity (Wildman–Crippen MR) is 83.3 cm³/mol. The molecule has 0 radical (unpaired) electrons. The fourth-order valence-corrected chi connectivity index (χ4v) is 2.12. The molecule has 0 spiro atoms. The van der Waals surface area contributed by atoms with Gasteiger partial charge in [0.1, 0.15) is 5.75 Å². The first-order chi connectivity index (χ1) is 10.3. The van der Waals surface area contributed by atoms with E-state index in [0.717, 1.165) is 11.3 Å². The molecule has 0 bridgehead atoms. The van der Waals surface area contributed by atoms with Crippen molar-refractivity contribution in [3.63, 3.8) is 0 Å². The Morgan fingerprint density at radius 3 is 2.62 bits per heavy atom. The summed E-state index contributed by atoms with van der Waals surface area (Å²) in [6.45, 7) is 0.526. The van der Waals surface area contributed by atoms with Crippen LogP contribution in [0.2, 0.25) is 0 Å². The van der Waals surface area contributed by atoms with Crippen LogP contribution in [0.15, 0.2) is 48.5 Å². The average molecular weight is 285 g/mol. The van der Waals surface area contributed by atoms with Gasteiger partial charge in [0.25, 0.3) is 5.91 Å². The molecule has 21 heavy (non-hydrogen) atoms. The van der Waals surface area contributed by atoms with E-state index in [1.807, 2.05) is 30.3 Å². The van der Waals surface area contributed by atoms with Crippen molar-refractivity contribution in [2.45, 2.75) is 6.42 Å². The van der Waals surface area contributed by atoms with Crippen LogP contribution < -0.4 is 21.3 Å². The molecule has 4 N–H and O–H groups in total. The number of benzene rings is 2. The normalized spacial score (nSPS) is 10.0. The maximum absolute atomic E-state index is 12.1. The topological polar surface area (TPSA) is 76.4 Å². The molecule has 0 fully saturated rings. The van der Waals surface area contributed by atoms with Crippen LogP contribution in [-0.2, 0) is 6.42 Å². The van der Waals surface area contributed by atoms with Crippen molar-refractivity contribution < 1.29 is 9.53 Å². The maximum atomic E-state index is 12.1. The van der Waals surface area contributed by atoms with Crippen molar-refractivity contribution in [2.24, 2.45) is 5.84 Å². The number of rotatable bonds is 6. The minimum atomic E-state index is -0.154. The molecule has 5 nitrogen and oxygen atoms in total. The third kappa shape index (κ3) is 3.73. The van der Waals surface area contributed by atoms with E-state index in [9.17, 15) is 4.79 Å². The molecular formula is C16H19N3O2. The van der Waals surface area contributed by atoms with Crippen molar-refractivity contribution in [3.05, 3.63) is 59.7 Å². The van der Waals surface area contributed by atoms with Gasteiger partial charge in [-0.05, 0) is 30.2 Å². The fraction of sp³-hybridized carbons (Fsp3) is 0.188. The second-order valence-electron chi connectivity index (χ2n) is 4.51. The van der Waals surface area contributed by atoms with Crippen LogP contribution in [0, 0.1) is 0 Å². The number of hydrogen-bond donors (Lipinski definition) is 3. The molecule has 2 aromatic carbocycles. The third-order valence-corrected chi connectivity index (χ3v) is 3.20. The Labute approximate surface area is 124 Å². The summed E-state index contributed by atoms with van der Waals surface area (Å²) >= 11 is 0. The van der Waals surface area contributed by atoms with Gasteiger partial charge in [-0.25, -0.2) is 0 Å². The van der Waals surface area contributed by atoms with E-state index in [1.165, 1.54) is 0 Å². The Kier molecular flexibility index (Phi) is 5.17. The standard InChI is InChI=1S/C16H19N3O2/c1-21-15-9-5-2-6-12(15)10-11-18-16(20)13-7-3-4-8-14(13)19-17/h2-9,19H,10-11,17H2,1H3,(H,18,20). The lowest BCUT2D eigenvalue weighted by molar-refractivity contribution is 0.0955. The number of anilines is 1. The van der Waals surface area contributed by atoms with Gasteiger partial charge < -0.3 is 15.5 Å². The van der Waals surface area contributed by atoms with Gasteiger partial charge in [0, 0.05) is 6.54 Å². The zero-order valence-electron chi connectivity index (χ0n) is 11.9. The van der Waals surface area contributed by atoms with Gasteiger partial charge in [-0.15, -0.1) is 0 Å². The number of amides is 1. The Hall–Kier alpha value is -2.53. The first kappa shape index (κ1) is 14.9.